The quantitative estimate of drug-likeness (QED) is 0.713. The maximum absolute atomic E-state index is 10.6. The average molecular weight is 184 g/mol. The van der Waals surface area contributed by atoms with Crippen molar-refractivity contribution in [1.82, 2.24) is 0 Å². The van der Waals surface area contributed by atoms with Gasteiger partial charge < -0.3 is 5.11 Å². The number of carboxylic acid groups (broad SMARTS) is 1. The Morgan fingerprint density at radius 3 is 2.69 bits per heavy atom. The molecule has 0 amide bonds. The highest BCUT2D eigenvalue weighted by Gasteiger charge is 2.28. The Balaban J connectivity index is 2.30. The molecule has 1 N–H and O–H groups in total. The molecule has 1 saturated carbocycles. The lowest BCUT2D eigenvalue weighted by Crippen LogP contribution is -2.12. The standard InChI is InChI=1S/C11H20O2/c1-2-3-5-9-6-4-7-10(9)8-11(12)13/h9-10H,2-8H2,1H3,(H,12,13). The number of carbonyl (C=O) groups is 1. The van der Waals surface area contributed by atoms with Crippen LogP contribution in [-0.2, 0) is 4.79 Å². The molecule has 0 saturated heterocycles. The second-order valence-electron chi connectivity index (χ2n) is 4.19. The number of hydrogen-bond acceptors (Lipinski definition) is 1. The molecular weight excluding hydrogens is 164 g/mol. The van der Waals surface area contributed by atoms with E-state index < -0.39 is 5.97 Å². The molecule has 0 heterocycles. The Labute approximate surface area is 80.3 Å². The SMILES string of the molecule is CCCCC1CCCC1CC(=O)O. The number of rotatable bonds is 5. The van der Waals surface area contributed by atoms with Crippen LogP contribution in [0.5, 0.6) is 0 Å². The van der Waals surface area contributed by atoms with E-state index in [9.17, 15) is 4.79 Å². The minimum Gasteiger partial charge on any atom is -0.481 e. The Kier molecular flexibility index (Phi) is 4.26. The third-order valence-corrected chi connectivity index (χ3v) is 3.18. The van der Waals surface area contributed by atoms with E-state index in [2.05, 4.69) is 6.92 Å². The van der Waals surface area contributed by atoms with Crippen molar-refractivity contribution in [3.8, 4) is 0 Å². The maximum atomic E-state index is 10.6. The first-order valence-electron chi connectivity index (χ1n) is 5.45. The minimum atomic E-state index is -0.617. The van der Waals surface area contributed by atoms with Crippen LogP contribution in [-0.4, -0.2) is 11.1 Å². The average Bonchev–Trinajstić information content (AvgIpc) is 2.48. The molecule has 76 valence electrons. The summed E-state index contributed by atoms with van der Waals surface area (Å²) in [6.45, 7) is 2.20. The summed E-state index contributed by atoms with van der Waals surface area (Å²) in [7, 11) is 0. The van der Waals surface area contributed by atoms with E-state index in [1.807, 2.05) is 0 Å². The highest BCUT2D eigenvalue weighted by molar-refractivity contribution is 5.67. The predicted octanol–water partition coefficient (Wildman–Crippen LogP) is 3.07. The van der Waals surface area contributed by atoms with E-state index in [1.54, 1.807) is 0 Å². The second kappa shape index (κ2) is 5.25. The van der Waals surface area contributed by atoms with Crippen molar-refractivity contribution in [2.24, 2.45) is 11.8 Å². The van der Waals surface area contributed by atoms with E-state index >= 15 is 0 Å². The van der Waals surface area contributed by atoms with Crippen molar-refractivity contribution in [2.75, 3.05) is 0 Å². The van der Waals surface area contributed by atoms with Crippen molar-refractivity contribution in [3.63, 3.8) is 0 Å². The number of unbranched alkanes of at least 4 members (excludes halogenated alkanes) is 1. The van der Waals surface area contributed by atoms with Gasteiger partial charge in [0.25, 0.3) is 0 Å². The van der Waals surface area contributed by atoms with Crippen molar-refractivity contribution in [3.05, 3.63) is 0 Å². The molecule has 2 nitrogen and oxygen atoms in total. The fraction of sp³-hybridized carbons (Fsp3) is 0.909. The lowest BCUT2D eigenvalue weighted by molar-refractivity contribution is -0.138. The molecular formula is C11H20O2. The van der Waals surface area contributed by atoms with Crippen LogP contribution in [0.25, 0.3) is 0 Å². The number of aliphatic carboxylic acids is 1. The first-order valence-corrected chi connectivity index (χ1v) is 5.45. The highest BCUT2D eigenvalue weighted by Crippen LogP contribution is 2.37. The summed E-state index contributed by atoms with van der Waals surface area (Å²) in [5.41, 5.74) is 0. The molecule has 0 bridgehead atoms. The monoisotopic (exact) mass is 184 g/mol. The largest absolute Gasteiger partial charge is 0.481 e. The van der Waals surface area contributed by atoms with E-state index in [0.29, 0.717) is 18.3 Å². The van der Waals surface area contributed by atoms with Gasteiger partial charge >= 0.3 is 5.97 Å². The Morgan fingerprint density at radius 2 is 2.08 bits per heavy atom. The molecule has 0 aliphatic heterocycles. The summed E-state index contributed by atoms with van der Waals surface area (Å²) < 4.78 is 0. The molecule has 2 heteroatoms. The van der Waals surface area contributed by atoms with Gasteiger partial charge in [-0.3, -0.25) is 4.79 Å². The molecule has 1 aliphatic carbocycles. The summed E-state index contributed by atoms with van der Waals surface area (Å²) in [6, 6.07) is 0. The van der Waals surface area contributed by atoms with E-state index in [0.717, 1.165) is 6.42 Å². The van der Waals surface area contributed by atoms with Crippen LogP contribution in [0, 0.1) is 11.8 Å². The van der Waals surface area contributed by atoms with Crippen LogP contribution in [0.2, 0.25) is 0 Å². The van der Waals surface area contributed by atoms with Gasteiger partial charge in [0, 0.05) is 6.42 Å². The molecule has 2 unspecified atom stereocenters. The lowest BCUT2D eigenvalue weighted by Gasteiger charge is -2.16. The van der Waals surface area contributed by atoms with Gasteiger partial charge in [0.1, 0.15) is 0 Å². The molecule has 0 spiro atoms. The van der Waals surface area contributed by atoms with Gasteiger partial charge in [-0.15, -0.1) is 0 Å². The molecule has 2 atom stereocenters. The molecule has 0 aromatic carbocycles. The van der Waals surface area contributed by atoms with Gasteiger partial charge in [-0.2, -0.15) is 0 Å². The van der Waals surface area contributed by atoms with Crippen LogP contribution >= 0.6 is 0 Å². The van der Waals surface area contributed by atoms with Gasteiger partial charge in [0.15, 0.2) is 0 Å². The summed E-state index contributed by atoms with van der Waals surface area (Å²) in [6.07, 6.45) is 7.78. The Morgan fingerprint density at radius 1 is 1.38 bits per heavy atom. The van der Waals surface area contributed by atoms with Crippen molar-refractivity contribution >= 4 is 5.97 Å². The van der Waals surface area contributed by atoms with Crippen LogP contribution in [0.1, 0.15) is 51.9 Å². The highest BCUT2D eigenvalue weighted by atomic mass is 16.4. The summed E-state index contributed by atoms with van der Waals surface area (Å²) >= 11 is 0. The van der Waals surface area contributed by atoms with Gasteiger partial charge in [-0.05, 0) is 18.3 Å². The minimum absolute atomic E-state index is 0.397. The summed E-state index contributed by atoms with van der Waals surface area (Å²) in [5.74, 6) is 0.563. The topological polar surface area (TPSA) is 37.3 Å². The molecule has 0 aromatic heterocycles. The summed E-state index contributed by atoms with van der Waals surface area (Å²) in [5, 5.41) is 8.72. The van der Waals surface area contributed by atoms with Gasteiger partial charge in [0.2, 0.25) is 0 Å². The molecule has 1 fully saturated rings. The van der Waals surface area contributed by atoms with Gasteiger partial charge in [-0.1, -0.05) is 39.0 Å². The first kappa shape index (κ1) is 10.6. The molecule has 0 aromatic rings. The second-order valence-corrected chi connectivity index (χ2v) is 4.19. The van der Waals surface area contributed by atoms with E-state index in [4.69, 9.17) is 5.11 Å². The fourth-order valence-electron chi connectivity index (χ4n) is 2.45. The summed E-state index contributed by atoms with van der Waals surface area (Å²) in [4.78, 5) is 10.6. The van der Waals surface area contributed by atoms with Crippen LogP contribution in [0.3, 0.4) is 0 Å². The number of carboxylic acids is 1. The fourth-order valence-corrected chi connectivity index (χ4v) is 2.45. The zero-order chi connectivity index (χ0) is 9.68. The third kappa shape index (κ3) is 3.37. The van der Waals surface area contributed by atoms with E-state index in [-0.39, 0.29) is 0 Å². The van der Waals surface area contributed by atoms with Gasteiger partial charge in [-0.25, -0.2) is 0 Å². The van der Waals surface area contributed by atoms with E-state index in [1.165, 1.54) is 32.1 Å². The Bertz CT molecular complexity index is 165. The van der Waals surface area contributed by atoms with Crippen LogP contribution in [0.4, 0.5) is 0 Å². The lowest BCUT2D eigenvalue weighted by atomic mass is 9.89. The zero-order valence-electron chi connectivity index (χ0n) is 8.46. The van der Waals surface area contributed by atoms with Crippen LogP contribution in [0.15, 0.2) is 0 Å². The van der Waals surface area contributed by atoms with Crippen molar-refractivity contribution in [2.45, 2.75) is 51.9 Å². The first-order chi connectivity index (χ1) is 6.24. The molecule has 13 heavy (non-hydrogen) atoms. The zero-order valence-corrected chi connectivity index (χ0v) is 8.46. The maximum Gasteiger partial charge on any atom is 0.303 e. The van der Waals surface area contributed by atoms with Crippen molar-refractivity contribution in [1.29, 1.82) is 0 Å². The Hall–Kier alpha value is -0.530. The van der Waals surface area contributed by atoms with Gasteiger partial charge in [0.05, 0.1) is 0 Å². The number of hydrogen-bond donors (Lipinski definition) is 1. The van der Waals surface area contributed by atoms with Crippen molar-refractivity contribution < 1.29 is 9.90 Å². The predicted molar refractivity (Wildman–Crippen MR) is 52.6 cm³/mol. The van der Waals surface area contributed by atoms with Crippen LogP contribution < -0.4 is 0 Å². The molecule has 1 rings (SSSR count). The smallest absolute Gasteiger partial charge is 0.303 e. The third-order valence-electron chi connectivity index (χ3n) is 3.18. The normalized spacial score (nSPS) is 27.8. The molecule has 1 aliphatic rings. The molecule has 0 radical (unpaired) electrons.